The summed E-state index contributed by atoms with van der Waals surface area (Å²) in [6.45, 7) is 0.291. The van der Waals surface area contributed by atoms with Crippen molar-refractivity contribution in [3.05, 3.63) is 28.3 Å². The van der Waals surface area contributed by atoms with Crippen molar-refractivity contribution >= 4 is 27.3 Å². The van der Waals surface area contributed by atoms with Crippen LogP contribution in [0.15, 0.2) is 23.1 Å². The van der Waals surface area contributed by atoms with Gasteiger partial charge in [-0.3, -0.25) is 14.9 Å². The van der Waals surface area contributed by atoms with Gasteiger partial charge >= 0.3 is 0 Å². The Bertz CT molecular complexity index is 688. The van der Waals surface area contributed by atoms with E-state index in [1.54, 1.807) is 0 Å². The molecule has 10 heteroatoms. The molecule has 0 spiro atoms. The van der Waals surface area contributed by atoms with Crippen molar-refractivity contribution < 1.29 is 18.1 Å². The van der Waals surface area contributed by atoms with Crippen LogP contribution in [-0.4, -0.2) is 43.2 Å². The second kappa shape index (κ2) is 5.66. The summed E-state index contributed by atoms with van der Waals surface area (Å²) in [6.07, 6.45) is 0.0358. The number of carbonyl (C=O) groups excluding carboxylic acids is 1. The van der Waals surface area contributed by atoms with Gasteiger partial charge in [-0.1, -0.05) is 0 Å². The molecule has 0 radical (unpaired) electrons. The van der Waals surface area contributed by atoms with Gasteiger partial charge in [-0.2, -0.15) is 4.31 Å². The van der Waals surface area contributed by atoms with Crippen molar-refractivity contribution in [3.63, 3.8) is 0 Å². The van der Waals surface area contributed by atoms with Crippen LogP contribution in [0.1, 0.15) is 6.42 Å². The van der Waals surface area contributed by atoms with Gasteiger partial charge in [0, 0.05) is 38.2 Å². The Hall–Kier alpha value is -2.20. The molecule has 1 aromatic carbocycles. The van der Waals surface area contributed by atoms with Gasteiger partial charge < -0.3 is 11.1 Å². The molecule has 0 saturated carbocycles. The van der Waals surface area contributed by atoms with E-state index in [1.165, 1.54) is 6.07 Å². The van der Waals surface area contributed by atoms with Gasteiger partial charge in [0.05, 0.1) is 10.6 Å². The highest BCUT2D eigenvalue weighted by molar-refractivity contribution is 7.89. The summed E-state index contributed by atoms with van der Waals surface area (Å²) in [6, 6.07) is 3.26. The molecule has 0 aliphatic carbocycles. The van der Waals surface area contributed by atoms with E-state index in [9.17, 15) is 23.3 Å². The number of rotatable bonds is 3. The van der Waals surface area contributed by atoms with Gasteiger partial charge in [-0.15, -0.1) is 0 Å². The topological polar surface area (TPSA) is 136 Å². The number of nitro benzene ring substituents is 1. The number of sulfonamides is 1. The predicted octanol–water partition coefficient (Wildman–Crippen LogP) is -0.312. The summed E-state index contributed by atoms with van der Waals surface area (Å²) in [5, 5.41) is 13.3. The first-order chi connectivity index (χ1) is 9.82. The first kappa shape index (κ1) is 15.2. The Morgan fingerprint density at radius 3 is 2.71 bits per heavy atom. The van der Waals surface area contributed by atoms with Gasteiger partial charge in [0.15, 0.2) is 0 Å². The molecule has 1 amide bonds. The van der Waals surface area contributed by atoms with Gasteiger partial charge in [0.25, 0.3) is 5.69 Å². The third-order valence-electron chi connectivity index (χ3n) is 3.10. The average Bonchev–Trinajstić information content (AvgIpc) is 2.64. The summed E-state index contributed by atoms with van der Waals surface area (Å²) in [4.78, 5) is 21.0. The third kappa shape index (κ3) is 3.11. The maximum absolute atomic E-state index is 12.5. The summed E-state index contributed by atoms with van der Waals surface area (Å²) in [5.41, 5.74) is 5.22. The van der Waals surface area contributed by atoms with Gasteiger partial charge in [0.2, 0.25) is 15.9 Å². The predicted molar refractivity (Wildman–Crippen MR) is 73.9 cm³/mol. The van der Waals surface area contributed by atoms with Gasteiger partial charge in [0.1, 0.15) is 4.90 Å². The lowest BCUT2D eigenvalue weighted by Gasteiger charge is -2.20. The number of hydrogen-bond donors (Lipinski definition) is 2. The van der Waals surface area contributed by atoms with Crippen molar-refractivity contribution in [2.24, 2.45) is 0 Å². The maximum atomic E-state index is 12.5. The number of nitrogen functional groups attached to an aromatic ring is 1. The average molecular weight is 314 g/mol. The van der Waals surface area contributed by atoms with Crippen LogP contribution in [-0.2, 0) is 14.8 Å². The zero-order chi connectivity index (χ0) is 15.6. The number of nitrogens with zero attached hydrogens (tertiary/aromatic N) is 2. The van der Waals surface area contributed by atoms with Crippen LogP contribution in [0.4, 0.5) is 11.4 Å². The number of nitrogens with one attached hydrogen (secondary N) is 1. The normalized spacial score (nSPS) is 17.0. The molecular formula is C11H14N4O5S. The fourth-order valence-corrected chi connectivity index (χ4v) is 3.56. The van der Waals surface area contributed by atoms with Crippen molar-refractivity contribution in [2.75, 3.05) is 25.4 Å². The van der Waals surface area contributed by atoms with E-state index >= 15 is 0 Å². The van der Waals surface area contributed by atoms with Crippen LogP contribution in [0, 0.1) is 10.1 Å². The fraction of sp³-hybridized carbons (Fsp3) is 0.364. The summed E-state index contributed by atoms with van der Waals surface area (Å²) in [5.74, 6) is -0.236. The van der Waals surface area contributed by atoms with Crippen LogP contribution >= 0.6 is 0 Å². The van der Waals surface area contributed by atoms with Crippen molar-refractivity contribution in [2.45, 2.75) is 11.3 Å². The first-order valence-corrected chi connectivity index (χ1v) is 7.57. The molecule has 1 heterocycles. The third-order valence-corrected chi connectivity index (χ3v) is 5.05. The highest BCUT2D eigenvalue weighted by atomic mass is 32.2. The van der Waals surface area contributed by atoms with Crippen LogP contribution in [0.2, 0.25) is 0 Å². The SMILES string of the molecule is Nc1ccc([N+](=O)[O-])cc1S(=O)(=O)N1CCNC(=O)CC1. The van der Waals surface area contributed by atoms with E-state index in [1.807, 2.05) is 0 Å². The molecule has 1 aliphatic rings. The maximum Gasteiger partial charge on any atom is 0.270 e. The molecule has 1 fully saturated rings. The Morgan fingerprint density at radius 2 is 2.05 bits per heavy atom. The molecule has 0 atom stereocenters. The van der Waals surface area contributed by atoms with Gasteiger partial charge in [-0.05, 0) is 6.07 Å². The van der Waals surface area contributed by atoms with Crippen LogP contribution in [0.5, 0.6) is 0 Å². The summed E-state index contributed by atoms with van der Waals surface area (Å²) < 4.78 is 26.2. The van der Waals surface area contributed by atoms with E-state index in [4.69, 9.17) is 5.73 Å². The molecule has 2 rings (SSSR count). The number of benzene rings is 1. The molecule has 0 bridgehead atoms. The molecule has 21 heavy (non-hydrogen) atoms. The number of nitrogens with two attached hydrogens (primary N) is 1. The zero-order valence-corrected chi connectivity index (χ0v) is 11.8. The number of hydrogen-bond acceptors (Lipinski definition) is 6. The van der Waals surface area contributed by atoms with Crippen molar-refractivity contribution in [1.82, 2.24) is 9.62 Å². The van der Waals surface area contributed by atoms with Crippen molar-refractivity contribution in [3.8, 4) is 0 Å². The largest absolute Gasteiger partial charge is 0.398 e. The molecule has 9 nitrogen and oxygen atoms in total. The molecular weight excluding hydrogens is 300 g/mol. The minimum absolute atomic E-state index is 0.0102. The minimum atomic E-state index is -3.98. The minimum Gasteiger partial charge on any atom is -0.398 e. The van der Waals surface area contributed by atoms with Crippen molar-refractivity contribution in [1.29, 1.82) is 0 Å². The highest BCUT2D eigenvalue weighted by Gasteiger charge is 2.29. The lowest BCUT2D eigenvalue weighted by atomic mass is 10.3. The Kier molecular flexibility index (Phi) is 4.09. The lowest BCUT2D eigenvalue weighted by molar-refractivity contribution is -0.385. The molecule has 1 aliphatic heterocycles. The molecule has 1 saturated heterocycles. The lowest BCUT2D eigenvalue weighted by Crippen LogP contribution is -2.34. The highest BCUT2D eigenvalue weighted by Crippen LogP contribution is 2.27. The number of anilines is 1. The second-order valence-electron chi connectivity index (χ2n) is 4.48. The zero-order valence-electron chi connectivity index (χ0n) is 11.0. The fourth-order valence-electron chi connectivity index (χ4n) is 1.99. The molecule has 0 aromatic heterocycles. The summed E-state index contributed by atoms with van der Waals surface area (Å²) >= 11 is 0. The standard InChI is InChI=1S/C11H14N4O5S/c12-9-2-1-8(15(17)18)7-10(9)21(19,20)14-5-3-11(16)13-4-6-14/h1-2,7H,3-6,12H2,(H,13,16). The number of non-ortho nitro benzene ring substituents is 1. The van der Waals surface area contributed by atoms with E-state index in [-0.39, 0.29) is 48.2 Å². The Balaban J connectivity index is 2.41. The number of amides is 1. The number of carbonyl (C=O) groups is 1. The van der Waals surface area contributed by atoms with E-state index < -0.39 is 14.9 Å². The molecule has 114 valence electrons. The summed E-state index contributed by atoms with van der Waals surface area (Å²) in [7, 11) is -3.98. The molecule has 0 unspecified atom stereocenters. The van der Waals surface area contributed by atoms with Crippen LogP contribution in [0.3, 0.4) is 0 Å². The smallest absolute Gasteiger partial charge is 0.270 e. The first-order valence-electron chi connectivity index (χ1n) is 6.13. The molecule has 3 N–H and O–H groups in total. The quantitative estimate of drug-likeness (QED) is 0.446. The van der Waals surface area contributed by atoms with Gasteiger partial charge in [-0.25, -0.2) is 8.42 Å². The number of nitro groups is 1. The van der Waals surface area contributed by atoms with E-state index in [2.05, 4.69) is 5.32 Å². The molecule has 1 aromatic rings. The second-order valence-corrected chi connectivity index (χ2v) is 6.39. The van der Waals surface area contributed by atoms with E-state index in [0.29, 0.717) is 0 Å². The Morgan fingerprint density at radius 1 is 1.33 bits per heavy atom. The monoisotopic (exact) mass is 314 g/mol. The van der Waals surface area contributed by atoms with Crippen LogP contribution < -0.4 is 11.1 Å². The Labute approximate surface area is 120 Å². The van der Waals surface area contributed by atoms with E-state index in [0.717, 1.165) is 16.4 Å². The van der Waals surface area contributed by atoms with Crippen LogP contribution in [0.25, 0.3) is 0 Å².